The Morgan fingerprint density at radius 3 is 3.05 bits per heavy atom. The molecule has 2 heterocycles. The van der Waals surface area contributed by atoms with Gasteiger partial charge in [0.05, 0.1) is 12.5 Å². The lowest BCUT2D eigenvalue weighted by molar-refractivity contribution is -0.118. The van der Waals surface area contributed by atoms with Gasteiger partial charge in [-0.2, -0.15) is 0 Å². The molecule has 1 unspecified atom stereocenters. The maximum Gasteiger partial charge on any atom is 0.233 e. The highest BCUT2D eigenvalue weighted by atomic mass is 79.9. The van der Waals surface area contributed by atoms with E-state index in [2.05, 4.69) is 26.2 Å². The largest absolute Gasteiger partial charge is 0.493 e. The molecule has 0 aliphatic carbocycles. The van der Waals surface area contributed by atoms with Crippen molar-refractivity contribution >= 4 is 27.7 Å². The molecule has 4 nitrogen and oxygen atoms in total. The molecule has 1 aromatic carbocycles. The van der Waals surface area contributed by atoms with Crippen LogP contribution in [0.2, 0.25) is 0 Å². The minimum atomic E-state index is -0.195. The van der Waals surface area contributed by atoms with Gasteiger partial charge in [-0.1, -0.05) is 18.2 Å². The van der Waals surface area contributed by atoms with Gasteiger partial charge in [-0.25, -0.2) is 4.98 Å². The van der Waals surface area contributed by atoms with E-state index < -0.39 is 0 Å². The molecule has 0 fully saturated rings. The van der Waals surface area contributed by atoms with Crippen molar-refractivity contribution in [2.45, 2.75) is 19.3 Å². The lowest BCUT2D eigenvalue weighted by Gasteiger charge is -2.25. The summed E-state index contributed by atoms with van der Waals surface area (Å²) >= 11 is 3.37. The van der Waals surface area contributed by atoms with Crippen LogP contribution in [-0.2, 0) is 4.79 Å². The quantitative estimate of drug-likeness (QED) is 0.902. The summed E-state index contributed by atoms with van der Waals surface area (Å²) in [6.07, 6.45) is 2.36. The summed E-state index contributed by atoms with van der Waals surface area (Å²) in [5.41, 5.74) is 1.87. The fourth-order valence-corrected chi connectivity index (χ4v) is 2.94. The number of aromatic nitrogens is 1. The maximum absolute atomic E-state index is 12.5. The van der Waals surface area contributed by atoms with Gasteiger partial charge >= 0.3 is 0 Å². The molecule has 21 heavy (non-hydrogen) atoms. The normalized spacial score (nSPS) is 16.8. The third-order valence-corrected chi connectivity index (χ3v) is 4.00. The van der Waals surface area contributed by atoms with Crippen LogP contribution in [0.4, 0.5) is 5.82 Å². The number of para-hydroxylation sites is 1. The van der Waals surface area contributed by atoms with Crippen molar-refractivity contribution in [1.82, 2.24) is 4.98 Å². The van der Waals surface area contributed by atoms with E-state index >= 15 is 0 Å². The van der Waals surface area contributed by atoms with Gasteiger partial charge in [0.2, 0.25) is 5.91 Å². The van der Waals surface area contributed by atoms with E-state index in [1.165, 1.54) is 0 Å². The molecule has 1 aliphatic rings. The zero-order valence-corrected chi connectivity index (χ0v) is 13.2. The number of hydrogen-bond donors (Lipinski definition) is 1. The highest BCUT2D eigenvalue weighted by Gasteiger charge is 2.27. The summed E-state index contributed by atoms with van der Waals surface area (Å²) in [5, 5.41) is 2.92. The van der Waals surface area contributed by atoms with Crippen LogP contribution in [0, 0.1) is 6.92 Å². The molecule has 1 amide bonds. The summed E-state index contributed by atoms with van der Waals surface area (Å²) in [6.45, 7) is 2.48. The van der Waals surface area contributed by atoms with Gasteiger partial charge in [-0.15, -0.1) is 0 Å². The predicted octanol–water partition coefficient (Wildman–Crippen LogP) is 3.66. The van der Waals surface area contributed by atoms with Crippen LogP contribution < -0.4 is 10.1 Å². The second-order valence-corrected chi connectivity index (χ2v) is 5.95. The number of benzene rings is 1. The number of halogens is 1. The molecule has 1 atom stereocenters. The van der Waals surface area contributed by atoms with Crippen LogP contribution in [0.15, 0.2) is 41.0 Å². The lowest BCUT2D eigenvalue weighted by atomic mass is 9.92. The zero-order valence-electron chi connectivity index (χ0n) is 11.6. The highest BCUT2D eigenvalue weighted by molar-refractivity contribution is 9.10. The number of amides is 1. The standard InChI is InChI=1S/C16H15BrN2O2/c1-10-8-11(17)9-18-15(10)19-16(20)13-6-7-21-14-5-3-2-4-12(13)14/h2-5,8-9,13H,6-7H2,1H3,(H,18,19,20). The maximum atomic E-state index is 12.5. The lowest BCUT2D eigenvalue weighted by Crippen LogP contribution is -2.27. The van der Waals surface area contributed by atoms with Gasteiger partial charge < -0.3 is 10.1 Å². The van der Waals surface area contributed by atoms with Crippen molar-refractivity contribution in [3.63, 3.8) is 0 Å². The Balaban J connectivity index is 1.83. The first kappa shape index (κ1) is 14.1. The van der Waals surface area contributed by atoms with Gasteiger partial charge in [0, 0.05) is 16.2 Å². The van der Waals surface area contributed by atoms with E-state index in [9.17, 15) is 4.79 Å². The fourth-order valence-electron chi connectivity index (χ4n) is 2.49. The Morgan fingerprint density at radius 2 is 2.24 bits per heavy atom. The number of pyridine rings is 1. The molecule has 0 saturated carbocycles. The molecule has 108 valence electrons. The molecule has 1 aromatic heterocycles. The first-order chi connectivity index (χ1) is 10.1. The van der Waals surface area contributed by atoms with Crippen molar-refractivity contribution in [3.8, 4) is 5.75 Å². The number of carbonyl (C=O) groups is 1. The molecule has 1 aliphatic heterocycles. The summed E-state index contributed by atoms with van der Waals surface area (Å²) in [5.74, 6) is 1.17. The number of rotatable bonds is 2. The number of aryl methyl sites for hydroxylation is 1. The van der Waals surface area contributed by atoms with Gasteiger partial charge in [0.25, 0.3) is 0 Å². The molecule has 3 rings (SSSR count). The number of nitrogens with zero attached hydrogens (tertiary/aromatic N) is 1. The monoisotopic (exact) mass is 346 g/mol. The molecule has 1 N–H and O–H groups in total. The number of carbonyl (C=O) groups excluding carboxylic acids is 1. The van der Waals surface area contributed by atoms with Gasteiger partial charge in [0.1, 0.15) is 11.6 Å². The van der Waals surface area contributed by atoms with Crippen molar-refractivity contribution in [3.05, 3.63) is 52.1 Å². The first-order valence-corrected chi connectivity index (χ1v) is 7.59. The van der Waals surface area contributed by atoms with Gasteiger partial charge in [-0.3, -0.25) is 4.79 Å². The van der Waals surface area contributed by atoms with Gasteiger partial charge in [0.15, 0.2) is 0 Å². The second-order valence-electron chi connectivity index (χ2n) is 5.04. The Hall–Kier alpha value is -1.88. The number of ether oxygens (including phenoxy) is 1. The fraction of sp³-hybridized carbons (Fsp3) is 0.250. The second kappa shape index (κ2) is 5.85. The minimum Gasteiger partial charge on any atom is -0.493 e. The SMILES string of the molecule is Cc1cc(Br)cnc1NC(=O)C1CCOc2ccccc21. The summed E-state index contributed by atoms with van der Waals surface area (Å²) in [4.78, 5) is 16.8. The minimum absolute atomic E-state index is 0.0383. The summed E-state index contributed by atoms with van der Waals surface area (Å²) in [7, 11) is 0. The molecular weight excluding hydrogens is 332 g/mol. The van der Waals surface area contributed by atoms with Crippen molar-refractivity contribution in [2.24, 2.45) is 0 Å². The Kier molecular flexibility index (Phi) is 3.92. The average Bonchev–Trinajstić information content (AvgIpc) is 2.49. The van der Waals surface area contributed by atoms with Crippen molar-refractivity contribution in [1.29, 1.82) is 0 Å². The number of anilines is 1. The highest BCUT2D eigenvalue weighted by Crippen LogP contribution is 2.34. The van der Waals surface area contributed by atoms with E-state index in [1.54, 1.807) is 6.20 Å². The van der Waals surface area contributed by atoms with Crippen LogP contribution in [0.25, 0.3) is 0 Å². The van der Waals surface area contributed by atoms with Crippen LogP contribution in [0.5, 0.6) is 5.75 Å². The van der Waals surface area contributed by atoms with Crippen LogP contribution in [0.3, 0.4) is 0 Å². The van der Waals surface area contributed by atoms with E-state index in [-0.39, 0.29) is 11.8 Å². The number of nitrogens with one attached hydrogen (secondary N) is 1. The Bertz CT molecular complexity index is 688. The third-order valence-electron chi connectivity index (χ3n) is 3.56. The van der Waals surface area contributed by atoms with E-state index in [0.717, 1.165) is 21.3 Å². The smallest absolute Gasteiger partial charge is 0.233 e. The van der Waals surface area contributed by atoms with E-state index in [0.29, 0.717) is 18.8 Å². The molecule has 0 radical (unpaired) electrons. The third kappa shape index (κ3) is 2.93. The summed E-state index contributed by atoms with van der Waals surface area (Å²) in [6, 6.07) is 9.62. The molecule has 0 saturated heterocycles. The van der Waals surface area contributed by atoms with Gasteiger partial charge in [-0.05, 0) is 47.0 Å². The molecule has 5 heteroatoms. The predicted molar refractivity (Wildman–Crippen MR) is 84.6 cm³/mol. The Labute approximate surface area is 131 Å². The van der Waals surface area contributed by atoms with E-state index in [4.69, 9.17) is 4.74 Å². The van der Waals surface area contributed by atoms with Crippen molar-refractivity contribution in [2.75, 3.05) is 11.9 Å². The number of fused-ring (bicyclic) bond motifs is 1. The molecule has 0 spiro atoms. The van der Waals surface area contributed by atoms with Crippen LogP contribution in [-0.4, -0.2) is 17.5 Å². The zero-order chi connectivity index (χ0) is 14.8. The van der Waals surface area contributed by atoms with Crippen LogP contribution in [0.1, 0.15) is 23.5 Å². The van der Waals surface area contributed by atoms with Crippen molar-refractivity contribution < 1.29 is 9.53 Å². The molecule has 2 aromatic rings. The summed E-state index contributed by atoms with van der Waals surface area (Å²) < 4.78 is 6.49. The Morgan fingerprint density at radius 1 is 1.43 bits per heavy atom. The number of hydrogen-bond acceptors (Lipinski definition) is 3. The topological polar surface area (TPSA) is 51.2 Å². The first-order valence-electron chi connectivity index (χ1n) is 6.80. The van der Waals surface area contributed by atoms with E-state index in [1.807, 2.05) is 37.3 Å². The molecule has 0 bridgehead atoms. The molecular formula is C16H15BrN2O2. The average molecular weight is 347 g/mol. The van der Waals surface area contributed by atoms with Crippen LogP contribution >= 0.6 is 15.9 Å².